The molecule has 0 aliphatic heterocycles. The first kappa shape index (κ1) is 23.1. The molecule has 1 unspecified atom stereocenters. The molecule has 0 bridgehead atoms. The minimum atomic E-state index is 0. The van der Waals surface area contributed by atoms with Gasteiger partial charge in [-0.3, -0.25) is 4.99 Å². The maximum absolute atomic E-state index is 6.27. The fourth-order valence-corrected chi connectivity index (χ4v) is 2.35. The standard InChI is InChI=1S/C16H26ClN3O3.HI/c1-6-23-15-13(17)7-12(8-14(15)22-5)9-19-16(18-3)20-11(2)10-21-4;/h7-8,11H,6,9-10H2,1-5H3,(H2,18,19,20);1H. The van der Waals surface area contributed by atoms with Crippen LogP contribution in [0.15, 0.2) is 17.1 Å². The van der Waals surface area contributed by atoms with Gasteiger partial charge in [0, 0.05) is 26.7 Å². The Labute approximate surface area is 166 Å². The zero-order chi connectivity index (χ0) is 17.2. The number of rotatable bonds is 8. The van der Waals surface area contributed by atoms with Crippen molar-refractivity contribution in [2.24, 2.45) is 4.99 Å². The van der Waals surface area contributed by atoms with Gasteiger partial charge in [-0.1, -0.05) is 11.6 Å². The van der Waals surface area contributed by atoms with Gasteiger partial charge in [-0.25, -0.2) is 0 Å². The van der Waals surface area contributed by atoms with Crippen molar-refractivity contribution in [2.75, 3.05) is 34.5 Å². The quantitative estimate of drug-likeness (QED) is 0.347. The maximum atomic E-state index is 6.27. The Balaban J connectivity index is 0.00000529. The highest BCUT2D eigenvalue weighted by atomic mass is 127. The summed E-state index contributed by atoms with van der Waals surface area (Å²) in [6.45, 7) is 5.61. The highest BCUT2D eigenvalue weighted by Crippen LogP contribution is 2.36. The average molecular weight is 472 g/mol. The van der Waals surface area contributed by atoms with Crippen molar-refractivity contribution in [3.8, 4) is 11.5 Å². The summed E-state index contributed by atoms with van der Waals surface area (Å²) in [4.78, 5) is 4.19. The van der Waals surface area contributed by atoms with E-state index in [1.165, 1.54) is 0 Å². The lowest BCUT2D eigenvalue weighted by atomic mass is 10.2. The smallest absolute Gasteiger partial charge is 0.191 e. The second-order valence-corrected chi connectivity index (χ2v) is 5.38. The normalized spacial score (nSPS) is 12.2. The van der Waals surface area contributed by atoms with E-state index < -0.39 is 0 Å². The lowest BCUT2D eigenvalue weighted by Crippen LogP contribution is -2.43. The van der Waals surface area contributed by atoms with Gasteiger partial charge < -0.3 is 24.8 Å². The van der Waals surface area contributed by atoms with Gasteiger partial charge >= 0.3 is 0 Å². The molecular formula is C16H27ClIN3O3. The summed E-state index contributed by atoms with van der Waals surface area (Å²) >= 11 is 6.27. The number of guanidine groups is 1. The maximum Gasteiger partial charge on any atom is 0.191 e. The summed E-state index contributed by atoms with van der Waals surface area (Å²) in [6, 6.07) is 3.91. The average Bonchev–Trinajstić information content (AvgIpc) is 2.53. The van der Waals surface area contributed by atoms with E-state index in [-0.39, 0.29) is 30.0 Å². The third kappa shape index (κ3) is 7.31. The predicted molar refractivity (Wildman–Crippen MR) is 109 cm³/mol. The Hall–Kier alpha value is -0.930. The van der Waals surface area contributed by atoms with Crippen LogP contribution in [-0.2, 0) is 11.3 Å². The molecule has 6 nitrogen and oxygen atoms in total. The minimum absolute atomic E-state index is 0. The number of nitrogens with one attached hydrogen (secondary N) is 2. The monoisotopic (exact) mass is 471 g/mol. The van der Waals surface area contributed by atoms with Gasteiger partial charge in [0.25, 0.3) is 0 Å². The minimum Gasteiger partial charge on any atom is -0.493 e. The van der Waals surface area contributed by atoms with Crippen LogP contribution in [0.25, 0.3) is 0 Å². The summed E-state index contributed by atoms with van der Waals surface area (Å²) in [5.74, 6) is 1.88. The topological polar surface area (TPSA) is 64.1 Å². The number of aliphatic imine (C=N–C) groups is 1. The molecular weight excluding hydrogens is 445 g/mol. The number of methoxy groups -OCH3 is 2. The molecule has 0 fully saturated rings. The van der Waals surface area contributed by atoms with Crippen molar-refractivity contribution >= 4 is 41.5 Å². The first-order valence-electron chi connectivity index (χ1n) is 7.51. The number of nitrogens with zero attached hydrogens (tertiary/aromatic N) is 1. The van der Waals surface area contributed by atoms with Crippen LogP contribution in [-0.4, -0.2) is 46.5 Å². The molecule has 0 aromatic heterocycles. The number of ether oxygens (including phenoxy) is 3. The number of benzene rings is 1. The van der Waals surface area contributed by atoms with Gasteiger partial charge in [-0.05, 0) is 31.5 Å². The van der Waals surface area contributed by atoms with Crippen molar-refractivity contribution in [3.05, 3.63) is 22.7 Å². The van der Waals surface area contributed by atoms with Crippen molar-refractivity contribution < 1.29 is 14.2 Å². The fourth-order valence-electron chi connectivity index (χ4n) is 2.07. The van der Waals surface area contributed by atoms with Crippen molar-refractivity contribution in [3.63, 3.8) is 0 Å². The summed E-state index contributed by atoms with van der Waals surface area (Å²) in [7, 11) is 4.99. The summed E-state index contributed by atoms with van der Waals surface area (Å²) in [5.41, 5.74) is 0.970. The largest absolute Gasteiger partial charge is 0.493 e. The SMILES string of the molecule is CCOc1c(Cl)cc(CNC(=NC)NC(C)COC)cc1OC.I. The number of hydrogen-bond acceptors (Lipinski definition) is 4. The third-order valence-corrected chi connectivity index (χ3v) is 3.34. The molecule has 1 aromatic rings. The number of hydrogen-bond donors (Lipinski definition) is 2. The molecule has 1 atom stereocenters. The molecule has 0 aliphatic carbocycles. The van der Waals surface area contributed by atoms with E-state index in [0.717, 1.165) is 5.56 Å². The second kappa shape index (κ2) is 12.4. The van der Waals surface area contributed by atoms with Gasteiger partial charge in [0.05, 0.1) is 25.3 Å². The van der Waals surface area contributed by atoms with Crippen LogP contribution in [0, 0.1) is 0 Å². The first-order chi connectivity index (χ1) is 11.0. The molecule has 0 spiro atoms. The zero-order valence-electron chi connectivity index (χ0n) is 14.8. The molecule has 0 heterocycles. The Bertz CT molecular complexity index is 530. The zero-order valence-corrected chi connectivity index (χ0v) is 17.9. The van der Waals surface area contributed by atoms with Crippen LogP contribution in [0.1, 0.15) is 19.4 Å². The fraction of sp³-hybridized carbons (Fsp3) is 0.562. The summed E-state index contributed by atoms with van der Waals surface area (Å²) < 4.78 is 16.0. The highest BCUT2D eigenvalue weighted by molar-refractivity contribution is 14.0. The molecule has 0 saturated heterocycles. The van der Waals surface area contributed by atoms with E-state index >= 15 is 0 Å². The summed E-state index contributed by atoms with van der Waals surface area (Å²) in [6.07, 6.45) is 0. The summed E-state index contributed by atoms with van der Waals surface area (Å²) in [5, 5.41) is 7.00. The van der Waals surface area contributed by atoms with E-state index in [4.69, 9.17) is 25.8 Å². The van der Waals surface area contributed by atoms with E-state index in [0.29, 0.717) is 42.2 Å². The van der Waals surface area contributed by atoms with E-state index in [2.05, 4.69) is 15.6 Å². The first-order valence-corrected chi connectivity index (χ1v) is 7.88. The molecule has 1 rings (SSSR count). The molecule has 0 aliphatic rings. The molecule has 2 N–H and O–H groups in total. The lowest BCUT2D eigenvalue weighted by molar-refractivity contribution is 0.179. The van der Waals surface area contributed by atoms with E-state index in [1.54, 1.807) is 21.3 Å². The molecule has 24 heavy (non-hydrogen) atoms. The van der Waals surface area contributed by atoms with E-state index in [1.807, 2.05) is 26.0 Å². The Morgan fingerprint density at radius 2 is 2.04 bits per heavy atom. The Morgan fingerprint density at radius 3 is 2.58 bits per heavy atom. The molecule has 0 amide bonds. The third-order valence-electron chi connectivity index (χ3n) is 3.06. The van der Waals surface area contributed by atoms with Crippen LogP contribution in [0.2, 0.25) is 5.02 Å². The lowest BCUT2D eigenvalue weighted by Gasteiger charge is -2.18. The second-order valence-electron chi connectivity index (χ2n) is 4.97. The van der Waals surface area contributed by atoms with Crippen LogP contribution in [0.3, 0.4) is 0 Å². The van der Waals surface area contributed by atoms with Crippen molar-refractivity contribution in [1.82, 2.24) is 10.6 Å². The predicted octanol–water partition coefficient (Wildman–Crippen LogP) is 3.07. The van der Waals surface area contributed by atoms with Crippen LogP contribution < -0.4 is 20.1 Å². The molecule has 8 heteroatoms. The molecule has 1 aromatic carbocycles. The van der Waals surface area contributed by atoms with Crippen LogP contribution in [0.5, 0.6) is 11.5 Å². The number of halogens is 2. The van der Waals surface area contributed by atoms with Gasteiger partial charge in [0.15, 0.2) is 17.5 Å². The Morgan fingerprint density at radius 1 is 1.33 bits per heavy atom. The van der Waals surface area contributed by atoms with Crippen LogP contribution >= 0.6 is 35.6 Å². The van der Waals surface area contributed by atoms with Gasteiger partial charge in [-0.2, -0.15) is 0 Å². The van der Waals surface area contributed by atoms with E-state index in [9.17, 15) is 0 Å². The Kier molecular flexibility index (Phi) is 12.0. The van der Waals surface area contributed by atoms with Gasteiger partial charge in [0.1, 0.15) is 0 Å². The van der Waals surface area contributed by atoms with Crippen molar-refractivity contribution in [1.29, 1.82) is 0 Å². The molecule has 0 saturated carbocycles. The van der Waals surface area contributed by atoms with Gasteiger partial charge in [-0.15, -0.1) is 24.0 Å². The highest BCUT2D eigenvalue weighted by Gasteiger charge is 2.12. The van der Waals surface area contributed by atoms with Crippen LogP contribution in [0.4, 0.5) is 0 Å². The molecule has 138 valence electrons. The van der Waals surface area contributed by atoms with Gasteiger partial charge in [0.2, 0.25) is 0 Å². The van der Waals surface area contributed by atoms with Crippen molar-refractivity contribution in [2.45, 2.75) is 26.4 Å². The molecule has 0 radical (unpaired) electrons.